The van der Waals surface area contributed by atoms with Crippen LogP contribution in [0.25, 0.3) is 5.69 Å². The topological polar surface area (TPSA) is 110 Å². The van der Waals surface area contributed by atoms with Gasteiger partial charge in [0.1, 0.15) is 10.8 Å². The zero-order valence-corrected chi connectivity index (χ0v) is 18.0. The third-order valence-electron chi connectivity index (χ3n) is 4.66. The van der Waals surface area contributed by atoms with Gasteiger partial charge in [-0.15, -0.1) is 11.3 Å². The summed E-state index contributed by atoms with van der Waals surface area (Å²) in [6, 6.07) is 11.8. The maximum Gasteiger partial charge on any atom is 0.368 e. The van der Waals surface area contributed by atoms with Crippen LogP contribution in [-0.2, 0) is 21.4 Å². The highest BCUT2D eigenvalue weighted by molar-refractivity contribution is 7.91. The molecule has 0 aliphatic carbocycles. The van der Waals surface area contributed by atoms with E-state index in [9.17, 15) is 18.0 Å². The molecule has 30 heavy (non-hydrogen) atoms. The number of carbonyl (C=O) groups is 1. The van der Waals surface area contributed by atoms with Crippen molar-refractivity contribution >= 4 is 38.9 Å². The number of piperazine rings is 1. The molecule has 0 unspecified atom stereocenters. The molecular formula is C17H17ClN6O4S2. The average molecular weight is 469 g/mol. The van der Waals surface area contributed by atoms with E-state index in [4.69, 9.17) is 11.6 Å². The van der Waals surface area contributed by atoms with Crippen molar-refractivity contribution in [2.45, 2.75) is 10.8 Å². The monoisotopic (exact) mass is 468 g/mol. The molecular weight excluding hydrogens is 452 g/mol. The second-order valence-corrected chi connectivity index (χ2v) is 10.4. The highest BCUT2D eigenvalue weighted by atomic mass is 35.5. The van der Waals surface area contributed by atoms with Gasteiger partial charge in [-0.1, -0.05) is 29.8 Å². The molecule has 2 aromatic heterocycles. The minimum Gasteiger partial charge on any atom is -0.338 e. The van der Waals surface area contributed by atoms with Gasteiger partial charge in [-0.25, -0.2) is 13.2 Å². The Balaban J connectivity index is 1.40. The van der Waals surface area contributed by atoms with Crippen LogP contribution in [0, 0.1) is 0 Å². The lowest BCUT2D eigenvalue weighted by atomic mass is 10.3. The first-order valence-electron chi connectivity index (χ1n) is 8.98. The number of halogens is 1. The SMILES string of the molecule is O=C(Cn1nnn(-c2ccccc2)c1=O)N1CCN(S(=O)(=O)c2ccc(Cl)s2)CC1. The van der Waals surface area contributed by atoms with E-state index >= 15 is 0 Å². The van der Waals surface area contributed by atoms with Crippen LogP contribution in [0.4, 0.5) is 0 Å². The molecule has 1 aliphatic heterocycles. The van der Waals surface area contributed by atoms with Gasteiger partial charge in [0.25, 0.3) is 10.0 Å². The molecule has 0 radical (unpaired) electrons. The first-order chi connectivity index (χ1) is 14.4. The van der Waals surface area contributed by atoms with Crippen molar-refractivity contribution in [3.63, 3.8) is 0 Å². The van der Waals surface area contributed by atoms with Gasteiger partial charge in [-0.3, -0.25) is 4.79 Å². The highest BCUT2D eigenvalue weighted by Gasteiger charge is 2.31. The number of rotatable bonds is 5. The number of para-hydroxylation sites is 1. The number of carbonyl (C=O) groups excluding carboxylic acids is 1. The van der Waals surface area contributed by atoms with Crippen molar-refractivity contribution in [2.24, 2.45) is 0 Å². The molecule has 0 bridgehead atoms. The number of hydrogen-bond donors (Lipinski definition) is 0. The number of benzene rings is 1. The van der Waals surface area contributed by atoms with Crippen LogP contribution < -0.4 is 5.69 Å². The summed E-state index contributed by atoms with van der Waals surface area (Å²) in [7, 11) is -3.63. The summed E-state index contributed by atoms with van der Waals surface area (Å²) in [4.78, 5) is 26.6. The Labute approximate surface area is 180 Å². The van der Waals surface area contributed by atoms with Crippen LogP contribution in [0.5, 0.6) is 0 Å². The van der Waals surface area contributed by atoms with Crippen molar-refractivity contribution in [1.29, 1.82) is 0 Å². The molecule has 3 aromatic rings. The molecule has 0 N–H and O–H groups in total. The Morgan fingerprint density at radius 2 is 1.73 bits per heavy atom. The third kappa shape index (κ3) is 4.03. The lowest BCUT2D eigenvalue weighted by molar-refractivity contribution is -0.133. The van der Waals surface area contributed by atoms with Crippen LogP contribution >= 0.6 is 22.9 Å². The van der Waals surface area contributed by atoms with Gasteiger partial charge in [0.2, 0.25) is 5.91 Å². The minimum atomic E-state index is -3.63. The van der Waals surface area contributed by atoms with E-state index in [1.807, 2.05) is 6.07 Å². The molecule has 10 nitrogen and oxygen atoms in total. The van der Waals surface area contributed by atoms with Crippen molar-refractivity contribution in [3.05, 3.63) is 57.3 Å². The molecule has 1 aromatic carbocycles. The fourth-order valence-corrected chi connectivity index (χ4v) is 6.13. The van der Waals surface area contributed by atoms with Gasteiger partial charge >= 0.3 is 5.69 Å². The van der Waals surface area contributed by atoms with Gasteiger partial charge in [0, 0.05) is 26.2 Å². The smallest absolute Gasteiger partial charge is 0.338 e. The Hall–Kier alpha value is -2.54. The van der Waals surface area contributed by atoms with Gasteiger partial charge in [0.05, 0.1) is 10.0 Å². The van der Waals surface area contributed by atoms with Crippen molar-refractivity contribution in [3.8, 4) is 5.69 Å². The molecule has 1 fully saturated rings. The molecule has 3 heterocycles. The first kappa shape index (κ1) is 20.7. The van der Waals surface area contributed by atoms with Crippen LogP contribution in [0.2, 0.25) is 4.34 Å². The van der Waals surface area contributed by atoms with E-state index in [1.54, 1.807) is 30.3 Å². The zero-order chi connectivity index (χ0) is 21.3. The third-order valence-corrected chi connectivity index (χ3v) is 8.26. The first-order valence-corrected chi connectivity index (χ1v) is 11.6. The van der Waals surface area contributed by atoms with Crippen LogP contribution in [0.15, 0.2) is 51.5 Å². The summed E-state index contributed by atoms with van der Waals surface area (Å²) >= 11 is 6.84. The highest BCUT2D eigenvalue weighted by Crippen LogP contribution is 2.28. The minimum absolute atomic E-state index is 0.162. The van der Waals surface area contributed by atoms with Crippen molar-refractivity contribution in [2.75, 3.05) is 26.2 Å². The molecule has 4 rings (SSSR count). The summed E-state index contributed by atoms with van der Waals surface area (Å²) in [5.74, 6) is -0.326. The van der Waals surface area contributed by atoms with E-state index in [1.165, 1.54) is 15.3 Å². The number of aromatic nitrogens is 4. The van der Waals surface area contributed by atoms with E-state index in [0.717, 1.165) is 20.7 Å². The molecule has 158 valence electrons. The average Bonchev–Trinajstić information content (AvgIpc) is 3.35. The number of tetrazole rings is 1. The number of hydrogen-bond acceptors (Lipinski definition) is 7. The standard InChI is InChI=1S/C17H17ClN6O4S2/c18-14-6-7-16(29-14)30(27,28)22-10-8-21(9-11-22)15(25)12-23-17(26)24(20-19-23)13-4-2-1-3-5-13/h1-7H,8-12H2. The molecule has 0 saturated carbocycles. The van der Waals surface area contributed by atoms with E-state index in [2.05, 4.69) is 10.4 Å². The van der Waals surface area contributed by atoms with Crippen LogP contribution in [-0.4, -0.2) is 69.5 Å². The van der Waals surface area contributed by atoms with Crippen LogP contribution in [0.3, 0.4) is 0 Å². The van der Waals surface area contributed by atoms with Crippen molar-refractivity contribution in [1.82, 2.24) is 29.0 Å². The van der Waals surface area contributed by atoms with E-state index in [0.29, 0.717) is 10.0 Å². The summed E-state index contributed by atoms with van der Waals surface area (Å²) < 4.78 is 29.3. The predicted molar refractivity (Wildman–Crippen MR) is 110 cm³/mol. The summed E-state index contributed by atoms with van der Waals surface area (Å²) in [6.45, 7) is 0.501. The maximum absolute atomic E-state index is 12.7. The molecule has 1 aliphatic rings. The number of thiophene rings is 1. The number of amides is 1. The van der Waals surface area contributed by atoms with Gasteiger partial charge in [-0.05, 0) is 34.7 Å². The number of sulfonamides is 1. The summed E-state index contributed by atoms with van der Waals surface area (Å²) in [5, 5.41) is 7.59. The molecule has 0 atom stereocenters. The second kappa shape index (κ2) is 8.30. The van der Waals surface area contributed by atoms with Gasteiger partial charge in [-0.2, -0.15) is 13.7 Å². The molecule has 1 saturated heterocycles. The van der Waals surface area contributed by atoms with Gasteiger partial charge < -0.3 is 4.90 Å². The van der Waals surface area contributed by atoms with Gasteiger partial charge in [0.15, 0.2) is 0 Å². The van der Waals surface area contributed by atoms with Crippen molar-refractivity contribution < 1.29 is 13.2 Å². The lowest BCUT2D eigenvalue weighted by Crippen LogP contribution is -2.51. The summed E-state index contributed by atoms with van der Waals surface area (Å²) in [6.07, 6.45) is 0. The largest absolute Gasteiger partial charge is 0.368 e. The van der Waals surface area contributed by atoms with E-state index in [-0.39, 0.29) is 42.8 Å². The fraction of sp³-hybridized carbons (Fsp3) is 0.294. The van der Waals surface area contributed by atoms with Crippen LogP contribution in [0.1, 0.15) is 0 Å². The Morgan fingerprint density at radius 1 is 1.03 bits per heavy atom. The molecule has 13 heteroatoms. The Kier molecular flexibility index (Phi) is 5.73. The second-order valence-electron chi connectivity index (χ2n) is 6.51. The van der Waals surface area contributed by atoms with E-state index < -0.39 is 15.7 Å². The quantitative estimate of drug-likeness (QED) is 0.544. The Bertz CT molecular complexity index is 1210. The maximum atomic E-state index is 12.7. The fourth-order valence-electron chi connectivity index (χ4n) is 3.07. The molecule has 0 spiro atoms. The normalized spacial score (nSPS) is 15.4. The summed E-state index contributed by atoms with van der Waals surface area (Å²) in [5.41, 5.74) is 0.0269. The number of nitrogens with zero attached hydrogens (tertiary/aromatic N) is 6. The molecule has 1 amide bonds. The predicted octanol–water partition coefficient (Wildman–Crippen LogP) is 0.677. The Morgan fingerprint density at radius 3 is 2.37 bits per heavy atom. The lowest BCUT2D eigenvalue weighted by Gasteiger charge is -2.33. The zero-order valence-electron chi connectivity index (χ0n) is 15.6.